The van der Waals surface area contributed by atoms with Gasteiger partial charge in [0.1, 0.15) is 12.4 Å². The van der Waals surface area contributed by atoms with E-state index in [0.29, 0.717) is 33.7 Å². The van der Waals surface area contributed by atoms with Crippen LogP contribution in [0.1, 0.15) is 31.9 Å². The van der Waals surface area contributed by atoms with E-state index >= 15 is 0 Å². The van der Waals surface area contributed by atoms with Crippen molar-refractivity contribution in [3.63, 3.8) is 0 Å². The van der Waals surface area contributed by atoms with Crippen LogP contribution in [0.15, 0.2) is 30.3 Å². The molecule has 2 aromatic rings. The standard InChI is InChI=1S/C19H22Cl2FNO2/c1-19(2,3)23-10-12-7-16(21)18(17(8-12)24-4)25-11-13-5-6-14(22)9-15(13)20/h5-9,23H,10-11H2,1-4H3. The minimum absolute atomic E-state index is 0.00574. The Bertz CT molecular complexity index is 745. The highest BCUT2D eigenvalue weighted by molar-refractivity contribution is 6.32. The summed E-state index contributed by atoms with van der Waals surface area (Å²) in [5.41, 5.74) is 1.65. The smallest absolute Gasteiger partial charge is 0.180 e. The molecule has 0 bridgehead atoms. The zero-order valence-corrected chi connectivity index (χ0v) is 16.3. The zero-order chi connectivity index (χ0) is 18.6. The lowest BCUT2D eigenvalue weighted by atomic mass is 10.1. The van der Waals surface area contributed by atoms with Crippen LogP contribution in [0.3, 0.4) is 0 Å². The fourth-order valence-corrected chi connectivity index (χ4v) is 2.68. The molecule has 0 aliphatic carbocycles. The monoisotopic (exact) mass is 385 g/mol. The van der Waals surface area contributed by atoms with Gasteiger partial charge < -0.3 is 14.8 Å². The first-order valence-corrected chi connectivity index (χ1v) is 8.63. The van der Waals surface area contributed by atoms with Crippen molar-refractivity contribution in [1.82, 2.24) is 5.32 Å². The Balaban J connectivity index is 2.17. The van der Waals surface area contributed by atoms with Crippen molar-refractivity contribution in [3.8, 4) is 11.5 Å². The SMILES string of the molecule is COc1cc(CNC(C)(C)C)cc(Cl)c1OCc1ccc(F)cc1Cl. The summed E-state index contributed by atoms with van der Waals surface area (Å²) in [6.07, 6.45) is 0. The van der Waals surface area contributed by atoms with Gasteiger partial charge in [0.2, 0.25) is 0 Å². The highest BCUT2D eigenvalue weighted by atomic mass is 35.5. The minimum atomic E-state index is -0.389. The molecule has 25 heavy (non-hydrogen) atoms. The molecule has 1 N–H and O–H groups in total. The maximum atomic E-state index is 13.1. The maximum absolute atomic E-state index is 13.1. The lowest BCUT2D eigenvalue weighted by Gasteiger charge is -2.21. The van der Waals surface area contributed by atoms with Crippen molar-refractivity contribution < 1.29 is 13.9 Å². The van der Waals surface area contributed by atoms with Crippen LogP contribution in [0.2, 0.25) is 10.0 Å². The molecule has 0 saturated carbocycles. The van der Waals surface area contributed by atoms with Gasteiger partial charge in [0.15, 0.2) is 11.5 Å². The lowest BCUT2D eigenvalue weighted by Crippen LogP contribution is -2.35. The largest absolute Gasteiger partial charge is 0.493 e. The van der Waals surface area contributed by atoms with Gasteiger partial charge >= 0.3 is 0 Å². The third-order valence-electron chi connectivity index (χ3n) is 3.50. The number of hydrogen-bond donors (Lipinski definition) is 1. The number of halogens is 3. The van der Waals surface area contributed by atoms with E-state index in [2.05, 4.69) is 26.1 Å². The van der Waals surface area contributed by atoms with E-state index in [1.165, 1.54) is 12.1 Å². The van der Waals surface area contributed by atoms with Crippen LogP contribution in [0.4, 0.5) is 4.39 Å². The molecular formula is C19H22Cl2FNO2. The number of rotatable bonds is 6. The van der Waals surface area contributed by atoms with Crippen LogP contribution in [-0.4, -0.2) is 12.6 Å². The first-order chi connectivity index (χ1) is 11.7. The number of hydrogen-bond acceptors (Lipinski definition) is 3. The highest BCUT2D eigenvalue weighted by Crippen LogP contribution is 2.37. The Labute approximate surface area is 158 Å². The third kappa shape index (κ3) is 5.77. The molecule has 0 fully saturated rings. The molecule has 2 aromatic carbocycles. The minimum Gasteiger partial charge on any atom is -0.493 e. The summed E-state index contributed by atoms with van der Waals surface area (Å²) in [4.78, 5) is 0. The van der Waals surface area contributed by atoms with E-state index in [0.717, 1.165) is 5.56 Å². The zero-order valence-electron chi connectivity index (χ0n) is 14.8. The Morgan fingerprint density at radius 1 is 1.08 bits per heavy atom. The molecule has 136 valence electrons. The van der Waals surface area contributed by atoms with Gasteiger partial charge in [-0.15, -0.1) is 0 Å². The molecule has 6 heteroatoms. The van der Waals surface area contributed by atoms with Gasteiger partial charge in [-0.2, -0.15) is 0 Å². The van der Waals surface area contributed by atoms with E-state index in [1.807, 2.05) is 12.1 Å². The van der Waals surface area contributed by atoms with Gasteiger partial charge in [-0.25, -0.2) is 4.39 Å². The molecule has 0 heterocycles. The van der Waals surface area contributed by atoms with Crippen LogP contribution in [0.5, 0.6) is 11.5 Å². The first-order valence-electron chi connectivity index (χ1n) is 7.88. The third-order valence-corrected chi connectivity index (χ3v) is 4.13. The predicted molar refractivity (Wildman–Crippen MR) is 100 cm³/mol. The Morgan fingerprint density at radius 3 is 2.40 bits per heavy atom. The van der Waals surface area contributed by atoms with E-state index in [9.17, 15) is 4.39 Å². The Morgan fingerprint density at radius 2 is 1.80 bits per heavy atom. The molecule has 3 nitrogen and oxygen atoms in total. The van der Waals surface area contributed by atoms with Gasteiger partial charge in [-0.05, 0) is 50.6 Å². The second-order valence-electron chi connectivity index (χ2n) is 6.74. The highest BCUT2D eigenvalue weighted by Gasteiger charge is 2.15. The normalized spacial score (nSPS) is 11.5. The van der Waals surface area contributed by atoms with Crippen molar-refractivity contribution in [1.29, 1.82) is 0 Å². The van der Waals surface area contributed by atoms with Crippen molar-refractivity contribution >= 4 is 23.2 Å². The summed E-state index contributed by atoms with van der Waals surface area (Å²) in [6, 6.07) is 7.89. The van der Waals surface area contributed by atoms with Crippen LogP contribution in [0, 0.1) is 5.82 Å². The molecule has 0 radical (unpaired) electrons. The molecule has 0 aliphatic rings. The maximum Gasteiger partial charge on any atom is 0.180 e. The Hall–Kier alpha value is -1.49. The molecule has 0 aromatic heterocycles. The predicted octanol–water partition coefficient (Wildman–Crippen LogP) is 5.61. The summed E-state index contributed by atoms with van der Waals surface area (Å²) in [5.74, 6) is 0.584. The van der Waals surface area contributed by atoms with E-state index in [-0.39, 0.29) is 18.0 Å². The van der Waals surface area contributed by atoms with Gasteiger partial charge in [0, 0.05) is 17.6 Å². The van der Waals surface area contributed by atoms with Crippen LogP contribution >= 0.6 is 23.2 Å². The number of methoxy groups -OCH3 is 1. The van der Waals surface area contributed by atoms with Crippen LogP contribution in [0.25, 0.3) is 0 Å². The van der Waals surface area contributed by atoms with Gasteiger partial charge in [-0.1, -0.05) is 29.3 Å². The quantitative estimate of drug-likeness (QED) is 0.700. The number of nitrogens with one attached hydrogen (secondary N) is 1. The molecule has 2 rings (SSSR count). The van der Waals surface area contributed by atoms with E-state index in [4.69, 9.17) is 32.7 Å². The van der Waals surface area contributed by atoms with Gasteiger partial charge in [0.05, 0.1) is 17.2 Å². The van der Waals surface area contributed by atoms with Crippen molar-refractivity contribution in [2.24, 2.45) is 0 Å². The van der Waals surface area contributed by atoms with Crippen LogP contribution in [-0.2, 0) is 13.2 Å². The van der Waals surface area contributed by atoms with Crippen LogP contribution < -0.4 is 14.8 Å². The summed E-state index contributed by atoms with van der Waals surface area (Å²) in [5, 5.41) is 4.15. The molecule has 0 saturated heterocycles. The molecule has 0 aliphatic heterocycles. The summed E-state index contributed by atoms with van der Waals surface area (Å²) in [6.45, 7) is 7.10. The fourth-order valence-electron chi connectivity index (χ4n) is 2.17. The van der Waals surface area contributed by atoms with Crippen molar-refractivity contribution in [2.75, 3.05) is 7.11 Å². The first kappa shape index (κ1) is 19.8. The molecule has 0 atom stereocenters. The molecule has 0 spiro atoms. The number of ether oxygens (including phenoxy) is 2. The second-order valence-corrected chi connectivity index (χ2v) is 7.55. The van der Waals surface area contributed by atoms with E-state index in [1.54, 1.807) is 13.2 Å². The average molecular weight is 386 g/mol. The van der Waals surface area contributed by atoms with Gasteiger partial charge in [0.25, 0.3) is 0 Å². The van der Waals surface area contributed by atoms with Gasteiger partial charge in [-0.3, -0.25) is 0 Å². The van der Waals surface area contributed by atoms with E-state index < -0.39 is 0 Å². The van der Waals surface area contributed by atoms with Crippen molar-refractivity contribution in [2.45, 2.75) is 39.5 Å². The summed E-state index contributed by atoms with van der Waals surface area (Å²) < 4.78 is 24.3. The lowest BCUT2D eigenvalue weighted by molar-refractivity contribution is 0.284. The van der Waals surface area contributed by atoms with Crippen molar-refractivity contribution in [3.05, 3.63) is 57.3 Å². The second kappa shape index (κ2) is 8.26. The fraction of sp³-hybridized carbons (Fsp3) is 0.368. The molecule has 0 unspecified atom stereocenters. The molecular weight excluding hydrogens is 364 g/mol. The summed E-state index contributed by atoms with van der Waals surface area (Å²) in [7, 11) is 1.56. The average Bonchev–Trinajstić information content (AvgIpc) is 2.52. The number of benzene rings is 2. The topological polar surface area (TPSA) is 30.5 Å². The Kier molecular flexibility index (Phi) is 6.55. The summed E-state index contributed by atoms with van der Waals surface area (Å²) >= 11 is 12.4. The molecule has 0 amide bonds.